The monoisotopic (exact) mass is 370 g/mol. The lowest BCUT2D eigenvalue weighted by Crippen LogP contribution is -2.48. The van der Waals surface area contributed by atoms with Crippen LogP contribution in [-0.2, 0) is 0 Å². The lowest BCUT2D eigenvalue weighted by atomic mass is 9.48. The second-order valence-electron chi connectivity index (χ2n) is 12.7. The summed E-state index contributed by atoms with van der Waals surface area (Å²) in [6.07, 6.45) is 16.5. The van der Waals surface area contributed by atoms with E-state index in [0.717, 1.165) is 41.4 Å². The molecule has 0 bridgehead atoms. The summed E-state index contributed by atoms with van der Waals surface area (Å²) >= 11 is 0. The van der Waals surface area contributed by atoms with Gasteiger partial charge in [0.25, 0.3) is 0 Å². The minimum atomic E-state index is 0.579. The van der Waals surface area contributed by atoms with E-state index in [0.29, 0.717) is 10.8 Å². The van der Waals surface area contributed by atoms with E-state index in [4.69, 9.17) is 0 Å². The zero-order valence-electron chi connectivity index (χ0n) is 19.0. The minimum absolute atomic E-state index is 0.579. The van der Waals surface area contributed by atoms with Crippen molar-refractivity contribution in [2.45, 2.75) is 105 Å². The first kappa shape index (κ1) is 20.0. The van der Waals surface area contributed by atoms with Crippen molar-refractivity contribution >= 4 is 0 Å². The Morgan fingerprint density at radius 1 is 0.630 bits per heavy atom. The molecule has 27 heavy (non-hydrogen) atoms. The fourth-order valence-corrected chi connectivity index (χ4v) is 8.25. The van der Waals surface area contributed by atoms with Crippen LogP contribution in [0.25, 0.3) is 0 Å². The van der Waals surface area contributed by atoms with E-state index in [1.165, 1.54) is 63.4 Å². The van der Waals surface area contributed by atoms with Gasteiger partial charge in [-0.05, 0) is 130 Å². The molecule has 0 heteroatoms. The van der Waals surface area contributed by atoms with Crippen molar-refractivity contribution in [1.82, 2.24) is 0 Å². The second-order valence-corrected chi connectivity index (χ2v) is 12.7. The fourth-order valence-electron chi connectivity index (χ4n) is 8.25. The Kier molecular flexibility index (Phi) is 5.35. The van der Waals surface area contributed by atoms with Gasteiger partial charge in [0.2, 0.25) is 0 Å². The highest BCUT2D eigenvalue weighted by Gasteiger charge is 2.51. The van der Waals surface area contributed by atoms with Crippen LogP contribution in [0.5, 0.6) is 0 Å². The van der Waals surface area contributed by atoms with Crippen LogP contribution in [0.4, 0.5) is 0 Å². The highest BCUT2D eigenvalue weighted by Crippen LogP contribution is 2.60. The van der Waals surface area contributed by atoms with Crippen LogP contribution in [-0.4, -0.2) is 0 Å². The van der Waals surface area contributed by atoms with Crippen molar-refractivity contribution in [3.8, 4) is 0 Å². The van der Waals surface area contributed by atoms with Crippen LogP contribution in [0.3, 0.4) is 0 Å². The zero-order valence-corrected chi connectivity index (χ0v) is 19.0. The van der Waals surface area contributed by atoms with E-state index in [1.807, 2.05) is 0 Å². The summed E-state index contributed by atoms with van der Waals surface area (Å²) in [5.74, 6) is 6.97. The number of allylic oxidation sites excluding steroid dienone is 1. The van der Waals surface area contributed by atoms with Gasteiger partial charge < -0.3 is 0 Å². The van der Waals surface area contributed by atoms with Crippen molar-refractivity contribution in [2.75, 3.05) is 0 Å². The molecule has 0 nitrogen and oxygen atoms in total. The van der Waals surface area contributed by atoms with Crippen molar-refractivity contribution in [3.63, 3.8) is 0 Å². The molecule has 4 aliphatic carbocycles. The third-order valence-corrected chi connectivity index (χ3v) is 10.3. The Balaban J connectivity index is 1.40. The van der Waals surface area contributed by atoms with E-state index < -0.39 is 0 Å². The van der Waals surface area contributed by atoms with Crippen LogP contribution in [0.2, 0.25) is 0 Å². The summed E-state index contributed by atoms with van der Waals surface area (Å²) in [5.41, 5.74) is 2.62. The van der Waals surface area contributed by atoms with E-state index in [1.54, 1.807) is 12.8 Å². The second kappa shape index (κ2) is 7.21. The van der Waals surface area contributed by atoms with E-state index >= 15 is 0 Å². The molecule has 0 aromatic heterocycles. The maximum Gasteiger partial charge on any atom is -0.0206 e. The molecule has 0 radical (unpaired) electrons. The first-order valence-electron chi connectivity index (χ1n) is 12.3. The Bertz CT molecular complexity index is 552. The molecule has 0 N–H and O–H groups in total. The molecule has 4 aliphatic rings. The number of hydrogen-bond acceptors (Lipinski definition) is 0. The fraction of sp³-hybridized carbons (Fsp3) is 0.926. The van der Waals surface area contributed by atoms with Crippen LogP contribution in [0, 0.1) is 52.3 Å². The highest BCUT2D eigenvalue weighted by atomic mass is 14.6. The number of hydrogen-bond donors (Lipinski definition) is 0. The molecule has 0 aromatic carbocycles. The van der Waals surface area contributed by atoms with Gasteiger partial charge >= 0.3 is 0 Å². The Morgan fingerprint density at radius 3 is 1.74 bits per heavy atom. The van der Waals surface area contributed by atoms with Crippen molar-refractivity contribution in [1.29, 1.82) is 0 Å². The summed E-state index contributed by atoms with van der Waals surface area (Å²) in [5, 5.41) is 0. The van der Waals surface area contributed by atoms with Gasteiger partial charge in [-0.3, -0.25) is 0 Å². The summed E-state index contributed by atoms with van der Waals surface area (Å²) < 4.78 is 0. The normalized spacial score (nSPS) is 46.2. The molecule has 0 aromatic rings. The maximum absolute atomic E-state index is 4.27. The standard InChI is InChI=1S/C27H46/c1-18(2)19-7-8-21-16-22(10-9-20(21)15-19)23-11-12-24-25(17-23)27(5,6)14-13-26(24,3)4/h19-25H,1,7-17H2,2-6H3. The first-order valence-corrected chi connectivity index (χ1v) is 12.3. The van der Waals surface area contributed by atoms with Crippen molar-refractivity contribution in [2.24, 2.45) is 52.3 Å². The smallest absolute Gasteiger partial charge is 0.0206 e. The van der Waals surface area contributed by atoms with Crippen LogP contribution < -0.4 is 0 Å². The third-order valence-electron chi connectivity index (χ3n) is 10.3. The van der Waals surface area contributed by atoms with Gasteiger partial charge in [0.15, 0.2) is 0 Å². The predicted molar refractivity (Wildman–Crippen MR) is 118 cm³/mol. The van der Waals surface area contributed by atoms with Gasteiger partial charge in [0, 0.05) is 0 Å². The van der Waals surface area contributed by atoms with Crippen molar-refractivity contribution in [3.05, 3.63) is 12.2 Å². The van der Waals surface area contributed by atoms with E-state index in [2.05, 4.69) is 41.2 Å². The molecule has 4 rings (SSSR count). The Morgan fingerprint density at radius 2 is 1.11 bits per heavy atom. The summed E-state index contributed by atoms with van der Waals surface area (Å²) in [4.78, 5) is 0. The lowest BCUT2D eigenvalue weighted by molar-refractivity contribution is -0.0724. The molecule has 0 spiro atoms. The predicted octanol–water partition coefficient (Wildman–Crippen LogP) is 8.27. The summed E-state index contributed by atoms with van der Waals surface area (Å²) in [7, 11) is 0. The molecule has 0 heterocycles. The molecular weight excluding hydrogens is 324 g/mol. The van der Waals surface area contributed by atoms with Gasteiger partial charge in [0.05, 0.1) is 0 Å². The number of rotatable bonds is 2. The third kappa shape index (κ3) is 3.81. The average molecular weight is 371 g/mol. The lowest BCUT2D eigenvalue weighted by Gasteiger charge is -2.57. The first-order chi connectivity index (χ1) is 12.7. The molecule has 4 saturated carbocycles. The largest absolute Gasteiger partial charge is 0.0999 e. The molecule has 0 aliphatic heterocycles. The van der Waals surface area contributed by atoms with Crippen LogP contribution in [0.15, 0.2) is 12.2 Å². The van der Waals surface area contributed by atoms with Gasteiger partial charge in [-0.15, -0.1) is 0 Å². The van der Waals surface area contributed by atoms with Gasteiger partial charge in [-0.1, -0.05) is 39.8 Å². The molecule has 4 fully saturated rings. The van der Waals surface area contributed by atoms with E-state index in [9.17, 15) is 0 Å². The molecule has 7 unspecified atom stereocenters. The maximum atomic E-state index is 4.27. The quantitative estimate of drug-likeness (QED) is 0.429. The van der Waals surface area contributed by atoms with Gasteiger partial charge in [0.1, 0.15) is 0 Å². The van der Waals surface area contributed by atoms with Crippen LogP contribution in [0.1, 0.15) is 105 Å². The minimum Gasteiger partial charge on any atom is -0.0999 e. The Hall–Kier alpha value is -0.260. The molecule has 7 atom stereocenters. The van der Waals surface area contributed by atoms with Gasteiger partial charge in [-0.25, -0.2) is 0 Å². The molecule has 154 valence electrons. The summed E-state index contributed by atoms with van der Waals surface area (Å²) in [6, 6.07) is 0. The molecule has 0 amide bonds. The SMILES string of the molecule is C=C(C)C1CCC2CC(C3CCC4C(C3)C(C)(C)CCC4(C)C)CCC2C1. The van der Waals surface area contributed by atoms with Crippen molar-refractivity contribution < 1.29 is 0 Å². The van der Waals surface area contributed by atoms with Gasteiger partial charge in [-0.2, -0.15) is 0 Å². The topological polar surface area (TPSA) is 0 Å². The molecule has 0 saturated heterocycles. The van der Waals surface area contributed by atoms with Crippen LogP contribution >= 0.6 is 0 Å². The Labute approximate surface area is 170 Å². The zero-order chi connectivity index (χ0) is 19.4. The summed E-state index contributed by atoms with van der Waals surface area (Å²) in [6.45, 7) is 16.9. The highest BCUT2D eigenvalue weighted by molar-refractivity contribution is 5.03. The number of fused-ring (bicyclic) bond motifs is 2. The average Bonchev–Trinajstić information content (AvgIpc) is 2.64. The molecular formula is C27H46. The van der Waals surface area contributed by atoms with E-state index in [-0.39, 0.29) is 0 Å².